The Labute approximate surface area is 353 Å². The number of allylic oxidation sites excluding steroid dienone is 1. The fraction of sp³-hybridized carbons (Fsp3) is 0.107. The highest BCUT2D eigenvalue weighted by Crippen LogP contribution is 2.56. The number of aryl methyl sites for hydroxylation is 1. The summed E-state index contributed by atoms with van der Waals surface area (Å²) < 4.78 is 15.0. The summed E-state index contributed by atoms with van der Waals surface area (Å²) in [7, 11) is 0. The molecule has 0 amide bonds. The number of furan rings is 2. The Bertz CT molecular complexity index is 3490. The van der Waals surface area contributed by atoms with Gasteiger partial charge in [0.05, 0.1) is 16.9 Å². The van der Waals surface area contributed by atoms with Crippen molar-refractivity contribution in [1.29, 1.82) is 0 Å². The second kappa shape index (κ2) is 13.5. The Hall–Kier alpha value is -7.50. The van der Waals surface area contributed by atoms with Crippen LogP contribution in [-0.2, 0) is 11.8 Å². The minimum Gasteiger partial charge on any atom is -0.456 e. The molecule has 292 valence electrons. The van der Waals surface area contributed by atoms with Gasteiger partial charge in [-0.2, -0.15) is 0 Å². The zero-order valence-electron chi connectivity index (χ0n) is 34.2. The van der Waals surface area contributed by atoms with Crippen molar-refractivity contribution in [3.8, 4) is 28.2 Å². The van der Waals surface area contributed by atoms with Crippen molar-refractivity contribution in [2.45, 2.75) is 32.6 Å². The van der Waals surface area contributed by atoms with E-state index in [1.807, 2.05) is 67.6 Å². The van der Waals surface area contributed by atoms with Gasteiger partial charge in [0, 0.05) is 55.0 Å². The van der Waals surface area contributed by atoms with Gasteiger partial charge in [0.25, 0.3) is 0 Å². The molecule has 0 fully saturated rings. The fourth-order valence-electron chi connectivity index (χ4n) is 10.1. The van der Waals surface area contributed by atoms with E-state index in [0.29, 0.717) is 5.92 Å². The first kappa shape index (κ1) is 35.4. The van der Waals surface area contributed by atoms with E-state index in [-0.39, 0.29) is 5.41 Å². The van der Waals surface area contributed by atoms with E-state index in [9.17, 15) is 0 Å². The summed E-state index contributed by atoms with van der Waals surface area (Å²) in [5.74, 6) is 1.17. The molecule has 4 heterocycles. The minimum absolute atomic E-state index is 0.0297. The third-order valence-corrected chi connectivity index (χ3v) is 13.1. The molecule has 2 aliphatic carbocycles. The molecule has 11 aromatic rings. The molecule has 5 nitrogen and oxygen atoms in total. The van der Waals surface area contributed by atoms with Gasteiger partial charge in [0.1, 0.15) is 28.2 Å². The molecule has 61 heavy (non-hydrogen) atoms. The molecule has 1 unspecified atom stereocenters. The van der Waals surface area contributed by atoms with Gasteiger partial charge in [-0.05, 0) is 102 Å². The first-order valence-electron chi connectivity index (χ1n) is 21.1. The predicted molar refractivity (Wildman–Crippen MR) is 250 cm³/mol. The molecule has 7 aromatic carbocycles. The Morgan fingerprint density at radius 1 is 0.541 bits per heavy atom. The van der Waals surface area contributed by atoms with E-state index < -0.39 is 0 Å². The maximum atomic E-state index is 6.33. The average molecular weight is 788 g/mol. The van der Waals surface area contributed by atoms with E-state index in [1.165, 1.54) is 55.3 Å². The van der Waals surface area contributed by atoms with Crippen LogP contribution in [0, 0.1) is 12.8 Å². The normalized spacial score (nSPS) is 15.1. The zero-order chi connectivity index (χ0) is 40.8. The second-order valence-electron chi connectivity index (χ2n) is 17.0. The summed E-state index contributed by atoms with van der Waals surface area (Å²) in [6.07, 6.45) is 3.47. The van der Waals surface area contributed by atoms with Gasteiger partial charge < -0.3 is 13.4 Å². The summed E-state index contributed by atoms with van der Waals surface area (Å²) >= 11 is 0. The van der Waals surface area contributed by atoms with Gasteiger partial charge in [0.15, 0.2) is 0 Å². The van der Waals surface area contributed by atoms with Gasteiger partial charge in [-0.3, -0.25) is 0 Å². The van der Waals surface area contributed by atoms with Crippen LogP contribution in [0.15, 0.2) is 179 Å². The van der Waals surface area contributed by atoms with Gasteiger partial charge in [-0.1, -0.05) is 129 Å². The highest BCUT2D eigenvalue weighted by atomic mass is 16.3. The maximum absolute atomic E-state index is 6.33. The van der Waals surface area contributed by atoms with Crippen molar-refractivity contribution < 1.29 is 8.83 Å². The van der Waals surface area contributed by atoms with Gasteiger partial charge >= 0.3 is 0 Å². The third-order valence-electron chi connectivity index (χ3n) is 13.1. The molecule has 4 aromatic heterocycles. The molecule has 0 aliphatic heterocycles. The standard InChI is InChI=1S/C39H27NO2.C17H14N2/c1-39(2)31-20-34-28(18-26(31)27-19-30-25-11-5-8-14-36(25)42-38(30)21-32(27)39)23-9-3-6-12-33(23)40(34)22-15-16-37-29(17-22)24-10-4-7-13-35(24)41-37;1-13-18-16(14-8-4-2-5-9-14)12-17(19-13)15-10-6-3-7-11-15/h3-19,21,31H,20H2,1-2H3;2-12H,1H3. The van der Waals surface area contributed by atoms with E-state index >= 15 is 0 Å². The summed E-state index contributed by atoms with van der Waals surface area (Å²) in [4.78, 5) is 9.04. The SMILES string of the molecule is CC1(C)c2cc3oc4ccccc4c3cc2C2=Cc3c(n(-c4ccc5oc6ccccc6c5c4)c4ccccc34)CC21.Cc1nc(-c2ccccc2)cc(-c2ccccc2)n1. The number of nitrogens with zero attached hydrogens (tertiary/aromatic N) is 3. The highest BCUT2D eigenvalue weighted by Gasteiger charge is 2.46. The first-order valence-corrected chi connectivity index (χ1v) is 21.1. The molecule has 0 saturated heterocycles. The lowest BCUT2D eigenvalue weighted by Gasteiger charge is -2.31. The van der Waals surface area contributed by atoms with Crippen LogP contribution in [0.25, 0.3) is 94.6 Å². The van der Waals surface area contributed by atoms with Crippen LogP contribution in [0.2, 0.25) is 0 Å². The van der Waals surface area contributed by atoms with Gasteiger partial charge in [-0.25, -0.2) is 9.97 Å². The molecule has 0 spiro atoms. The van der Waals surface area contributed by atoms with Crippen LogP contribution in [0.5, 0.6) is 0 Å². The average Bonchev–Trinajstić information content (AvgIpc) is 4.02. The molecular formula is C56H41N3O2. The van der Waals surface area contributed by atoms with Gasteiger partial charge in [-0.15, -0.1) is 0 Å². The number of rotatable bonds is 3. The summed E-state index contributed by atoms with van der Waals surface area (Å²) in [5.41, 5.74) is 17.3. The summed E-state index contributed by atoms with van der Waals surface area (Å²) in [6, 6.07) is 59.4. The van der Waals surface area contributed by atoms with Crippen LogP contribution in [0.3, 0.4) is 0 Å². The van der Waals surface area contributed by atoms with Crippen LogP contribution in [0.1, 0.15) is 42.1 Å². The van der Waals surface area contributed by atoms with E-state index in [1.54, 1.807) is 0 Å². The van der Waals surface area contributed by atoms with Gasteiger partial charge in [0.2, 0.25) is 0 Å². The number of aromatic nitrogens is 3. The minimum atomic E-state index is -0.0297. The molecule has 0 N–H and O–H groups in total. The number of hydrogen-bond acceptors (Lipinski definition) is 4. The molecule has 13 rings (SSSR count). The zero-order valence-corrected chi connectivity index (χ0v) is 34.2. The Morgan fingerprint density at radius 2 is 1.10 bits per heavy atom. The molecule has 0 radical (unpaired) electrons. The third kappa shape index (κ3) is 5.61. The highest BCUT2D eigenvalue weighted by molar-refractivity contribution is 6.09. The lowest BCUT2D eigenvalue weighted by molar-refractivity contribution is 0.405. The molecule has 2 aliphatic rings. The summed E-state index contributed by atoms with van der Waals surface area (Å²) in [6.45, 7) is 6.75. The summed E-state index contributed by atoms with van der Waals surface area (Å²) in [5, 5.41) is 6.01. The van der Waals surface area contributed by atoms with E-state index in [2.05, 4.69) is 144 Å². The lowest BCUT2D eigenvalue weighted by atomic mass is 9.73. The van der Waals surface area contributed by atoms with E-state index in [4.69, 9.17) is 8.83 Å². The molecule has 0 bridgehead atoms. The number of hydrogen-bond donors (Lipinski definition) is 0. The molecule has 5 heteroatoms. The number of benzene rings is 7. The Kier molecular flexibility index (Phi) is 7.85. The van der Waals surface area contributed by atoms with Crippen LogP contribution < -0.4 is 0 Å². The van der Waals surface area contributed by atoms with Crippen molar-refractivity contribution >= 4 is 66.4 Å². The monoisotopic (exact) mass is 787 g/mol. The van der Waals surface area contributed by atoms with Crippen LogP contribution in [-0.4, -0.2) is 14.5 Å². The largest absolute Gasteiger partial charge is 0.456 e. The first-order chi connectivity index (χ1) is 29.9. The maximum Gasteiger partial charge on any atom is 0.135 e. The number of para-hydroxylation sites is 3. The fourth-order valence-corrected chi connectivity index (χ4v) is 10.1. The van der Waals surface area contributed by atoms with Crippen molar-refractivity contribution in [1.82, 2.24) is 14.5 Å². The predicted octanol–water partition coefficient (Wildman–Crippen LogP) is 14.6. The smallest absolute Gasteiger partial charge is 0.135 e. The Balaban J connectivity index is 0.000000176. The molecule has 1 atom stereocenters. The van der Waals surface area contributed by atoms with Crippen molar-refractivity contribution in [2.75, 3.05) is 0 Å². The second-order valence-corrected chi connectivity index (χ2v) is 17.0. The quantitative estimate of drug-likeness (QED) is 0.179. The molecular weight excluding hydrogens is 747 g/mol. The molecule has 0 saturated carbocycles. The Morgan fingerprint density at radius 3 is 1.77 bits per heavy atom. The number of fused-ring (bicyclic) bond motifs is 12. The van der Waals surface area contributed by atoms with E-state index in [0.717, 1.165) is 67.9 Å². The van der Waals surface area contributed by atoms with Crippen molar-refractivity contribution in [2.24, 2.45) is 5.92 Å². The van der Waals surface area contributed by atoms with Crippen LogP contribution >= 0.6 is 0 Å². The van der Waals surface area contributed by atoms with Crippen molar-refractivity contribution in [3.05, 3.63) is 198 Å². The lowest BCUT2D eigenvalue weighted by Crippen LogP contribution is -2.27. The van der Waals surface area contributed by atoms with Crippen molar-refractivity contribution in [3.63, 3.8) is 0 Å². The topological polar surface area (TPSA) is 57.0 Å². The van der Waals surface area contributed by atoms with Crippen LogP contribution in [0.4, 0.5) is 0 Å².